The molecule has 2 aromatic rings. The Kier molecular flexibility index (Phi) is 2.81. The van der Waals surface area contributed by atoms with E-state index in [1.807, 2.05) is 6.07 Å². The first-order valence-corrected chi connectivity index (χ1v) is 8.07. The summed E-state index contributed by atoms with van der Waals surface area (Å²) in [6.07, 6.45) is 2.36. The molecular weight excluding hydrogens is 259 g/mol. The van der Waals surface area contributed by atoms with E-state index in [-0.39, 0.29) is 5.82 Å². The molecule has 1 saturated heterocycles. The Morgan fingerprint density at radius 1 is 1.37 bits per heavy atom. The quantitative estimate of drug-likeness (QED) is 0.862. The van der Waals surface area contributed by atoms with Gasteiger partial charge in [-0.15, -0.1) is 0 Å². The van der Waals surface area contributed by atoms with Crippen molar-refractivity contribution in [2.45, 2.75) is 25.4 Å². The monoisotopic (exact) mass is 276 g/mol. The molecule has 0 bridgehead atoms. The lowest BCUT2D eigenvalue weighted by Gasteiger charge is -2.32. The molecule has 4 heteroatoms. The topological polar surface area (TPSA) is 19.0 Å². The molecule has 1 aromatic heterocycles. The second-order valence-corrected chi connectivity index (χ2v) is 6.66. The minimum atomic E-state index is -0.136. The van der Waals surface area contributed by atoms with Crippen molar-refractivity contribution in [2.75, 3.05) is 18.1 Å². The molecule has 0 saturated carbocycles. The molecule has 100 valence electrons. The molecule has 19 heavy (non-hydrogen) atoms. The van der Waals surface area contributed by atoms with Crippen molar-refractivity contribution in [3.05, 3.63) is 35.3 Å². The summed E-state index contributed by atoms with van der Waals surface area (Å²) in [5.74, 6) is 2.41. The Morgan fingerprint density at radius 3 is 3.16 bits per heavy atom. The molecule has 0 aliphatic carbocycles. The normalized spacial score (nSPS) is 23.9. The van der Waals surface area contributed by atoms with Crippen molar-refractivity contribution >= 4 is 22.7 Å². The van der Waals surface area contributed by atoms with Gasteiger partial charge in [0.25, 0.3) is 0 Å². The third-order valence-corrected chi connectivity index (χ3v) is 5.53. The second-order valence-electron chi connectivity index (χ2n) is 5.51. The van der Waals surface area contributed by atoms with E-state index in [4.69, 9.17) is 0 Å². The standard InChI is InChI=1S/C15H17FN2S/c16-10-1-2-14-12(7-10)13-8-18(5-3-15(13)17-14)11-4-6-19-9-11/h1-2,7,11,17H,3-6,8-9H2. The predicted molar refractivity (Wildman–Crippen MR) is 78.1 cm³/mol. The number of aromatic nitrogens is 1. The summed E-state index contributed by atoms with van der Waals surface area (Å²) < 4.78 is 13.5. The van der Waals surface area contributed by atoms with Gasteiger partial charge in [0.05, 0.1) is 0 Å². The SMILES string of the molecule is Fc1ccc2[nH]c3c(c2c1)CN(C1CCSC1)CC3. The molecule has 0 amide bonds. The zero-order valence-corrected chi connectivity index (χ0v) is 11.6. The molecule has 3 heterocycles. The van der Waals surface area contributed by atoms with Crippen LogP contribution in [0.5, 0.6) is 0 Å². The highest BCUT2D eigenvalue weighted by molar-refractivity contribution is 7.99. The molecule has 4 rings (SSSR count). The van der Waals surface area contributed by atoms with Crippen molar-refractivity contribution in [2.24, 2.45) is 0 Å². The number of fused-ring (bicyclic) bond motifs is 3. The van der Waals surface area contributed by atoms with Crippen LogP contribution in [0.3, 0.4) is 0 Å². The van der Waals surface area contributed by atoms with Gasteiger partial charge in [0.15, 0.2) is 0 Å². The average molecular weight is 276 g/mol. The molecule has 2 aliphatic heterocycles. The van der Waals surface area contributed by atoms with Gasteiger partial charge in [0.2, 0.25) is 0 Å². The van der Waals surface area contributed by atoms with Crippen molar-refractivity contribution < 1.29 is 4.39 Å². The first-order valence-electron chi connectivity index (χ1n) is 6.92. The predicted octanol–water partition coefficient (Wildman–Crippen LogP) is 3.17. The van der Waals surface area contributed by atoms with Crippen LogP contribution in [0.2, 0.25) is 0 Å². The maximum absolute atomic E-state index is 13.5. The summed E-state index contributed by atoms with van der Waals surface area (Å²) in [5, 5.41) is 1.07. The summed E-state index contributed by atoms with van der Waals surface area (Å²) in [5.41, 5.74) is 3.70. The lowest BCUT2D eigenvalue weighted by Crippen LogP contribution is -2.39. The summed E-state index contributed by atoms with van der Waals surface area (Å²) in [4.78, 5) is 6.04. The summed E-state index contributed by atoms with van der Waals surface area (Å²) in [6.45, 7) is 2.11. The molecule has 1 aromatic carbocycles. The first kappa shape index (κ1) is 11.8. The van der Waals surface area contributed by atoms with Gasteiger partial charge >= 0.3 is 0 Å². The molecule has 1 atom stereocenters. The van der Waals surface area contributed by atoms with Gasteiger partial charge < -0.3 is 4.98 Å². The average Bonchev–Trinajstić information content (AvgIpc) is 3.05. The fourth-order valence-electron chi connectivity index (χ4n) is 3.33. The van der Waals surface area contributed by atoms with Gasteiger partial charge in [0.1, 0.15) is 5.82 Å². The maximum atomic E-state index is 13.5. The summed E-state index contributed by atoms with van der Waals surface area (Å²) >= 11 is 2.06. The van der Waals surface area contributed by atoms with E-state index in [1.54, 1.807) is 6.07 Å². The van der Waals surface area contributed by atoms with Crippen molar-refractivity contribution in [1.29, 1.82) is 0 Å². The van der Waals surface area contributed by atoms with Crippen LogP contribution in [-0.2, 0) is 13.0 Å². The van der Waals surface area contributed by atoms with Gasteiger partial charge in [-0.2, -0.15) is 11.8 Å². The second kappa shape index (κ2) is 4.53. The third kappa shape index (κ3) is 1.98. The van der Waals surface area contributed by atoms with Gasteiger partial charge in [0, 0.05) is 47.9 Å². The highest BCUT2D eigenvalue weighted by Crippen LogP contribution is 2.31. The minimum Gasteiger partial charge on any atom is -0.358 e. The van der Waals surface area contributed by atoms with Crippen molar-refractivity contribution in [1.82, 2.24) is 9.88 Å². The lowest BCUT2D eigenvalue weighted by atomic mass is 10.0. The van der Waals surface area contributed by atoms with E-state index in [9.17, 15) is 4.39 Å². The number of hydrogen-bond donors (Lipinski definition) is 1. The number of benzene rings is 1. The number of halogens is 1. The van der Waals surface area contributed by atoms with Gasteiger partial charge in [-0.25, -0.2) is 4.39 Å². The highest BCUT2D eigenvalue weighted by Gasteiger charge is 2.28. The molecule has 0 spiro atoms. The zero-order valence-electron chi connectivity index (χ0n) is 10.8. The van der Waals surface area contributed by atoms with E-state index < -0.39 is 0 Å². The molecular formula is C15H17FN2S. The zero-order chi connectivity index (χ0) is 12.8. The van der Waals surface area contributed by atoms with Crippen LogP contribution in [0.15, 0.2) is 18.2 Å². The number of H-pyrrole nitrogens is 1. The smallest absolute Gasteiger partial charge is 0.123 e. The fraction of sp³-hybridized carbons (Fsp3) is 0.467. The van der Waals surface area contributed by atoms with Crippen LogP contribution in [0.1, 0.15) is 17.7 Å². The number of nitrogens with zero attached hydrogens (tertiary/aromatic N) is 1. The number of nitrogens with one attached hydrogen (secondary N) is 1. The van der Waals surface area contributed by atoms with E-state index in [0.29, 0.717) is 0 Å². The Balaban J connectivity index is 1.72. The van der Waals surface area contributed by atoms with Crippen molar-refractivity contribution in [3.63, 3.8) is 0 Å². The largest absolute Gasteiger partial charge is 0.358 e. The number of thioether (sulfide) groups is 1. The fourth-order valence-corrected chi connectivity index (χ4v) is 4.58. The molecule has 1 unspecified atom stereocenters. The number of hydrogen-bond acceptors (Lipinski definition) is 2. The molecule has 2 nitrogen and oxygen atoms in total. The van der Waals surface area contributed by atoms with Crippen molar-refractivity contribution in [3.8, 4) is 0 Å². The Bertz CT molecular complexity index is 616. The summed E-state index contributed by atoms with van der Waals surface area (Å²) in [7, 11) is 0. The third-order valence-electron chi connectivity index (χ3n) is 4.39. The number of rotatable bonds is 1. The van der Waals surface area contributed by atoms with Crippen LogP contribution in [0.4, 0.5) is 4.39 Å². The van der Waals surface area contributed by atoms with Crippen LogP contribution < -0.4 is 0 Å². The number of aromatic amines is 1. The lowest BCUT2D eigenvalue weighted by molar-refractivity contribution is 0.195. The Morgan fingerprint density at radius 2 is 2.32 bits per heavy atom. The highest BCUT2D eigenvalue weighted by atomic mass is 32.2. The van der Waals surface area contributed by atoms with E-state index >= 15 is 0 Å². The molecule has 1 fully saturated rings. The van der Waals surface area contributed by atoms with E-state index in [1.165, 1.54) is 35.3 Å². The van der Waals surface area contributed by atoms with Gasteiger partial charge in [-0.1, -0.05) is 0 Å². The van der Waals surface area contributed by atoms with E-state index in [2.05, 4.69) is 21.6 Å². The van der Waals surface area contributed by atoms with Crippen LogP contribution in [-0.4, -0.2) is 34.0 Å². The summed E-state index contributed by atoms with van der Waals surface area (Å²) in [6, 6.07) is 5.79. The van der Waals surface area contributed by atoms with Gasteiger partial charge in [-0.3, -0.25) is 4.90 Å². The first-order chi connectivity index (χ1) is 9.31. The minimum absolute atomic E-state index is 0.136. The van der Waals surface area contributed by atoms with Crippen LogP contribution in [0.25, 0.3) is 10.9 Å². The molecule has 1 N–H and O–H groups in total. The van der Waals surface area contributed by atoms with E-state index in [0.717, 1.165) is 36.5 Å². The maximum Gasteiger partial charge on any atom is 0.123 e. The van der Waals surface area contributed by atoms with Gasteiger partial charge in [-0.05, 0) is 35.9 Å². The Hall–Kier alpha value is -1.00. The van der Waals surface area contributed by atoms with Crippen LogP contribution >= 0.6 is 11.8 Å². The Labute approximate surface area is 116 Å². The molecule has 2 aliphatic rings. The van der Waals surface area contributed by atoms with Crippen LogP contribution in [0, 0.1) is 5.82 Å². The molecule has 0 radical (unpaired) electrons.